The number of amidine groups is 1. The number of aryl methyl sites for hydroxylation is 3. The molecule has 0 bridgehead atoms. The van der Waals surface area contributed by atoms with Gasteiger partial charge >= 0.3 is 12.1 Å². The van der Waals surface area contributed by atoms with Gasteiger partial charge < -0.3 is 20.3 Å². The Morgan fingerprint density at radius 1 is 0.955 bits per heavy atom. The second-order valence-electron chi connectivity index (χ2n) is 12.0. The molecule has 3 amide bonds. The number of urea groups is 1. The Hall–Kier alpha value is -3.76. The van der Waals surface area contributed by atoms with Crippen LogP contribution in [0.15, 0.2) is 70.3 Å². The van der Waals surface area contributed by atoms with Crippen LogP contribution in [0.3, 0.4) is 0 Å². The topological polar surface area (TPSA) is 104 Å². The molecule has 2 N–H and O–H groups in total. The van der Waals surface area contributed by atoms with Crippen molar-refractivity contribution in [2.75, 3.05) is 39.3 Å². The minimum Gasteiger partial charge on any atom is -0.426 e. The molecule has 230 valence electrons. The smallest absolute Gasteiger partial charge is 0.342 e. The first-order valence-electron chi connectivity index (χ1n) is 15.5. The van der Waals surface area contributed by atoms with Crippen molar-refractivity contribution in [3.05, 3.63) is 93.2 Å². The first-order chi connectivity index (χ1) is 21.3. The number of hydrogen-bond donors (Lipinski definition) is 1. The van der Waals surface area contributed by atoms with Crippen LogP contribution in [-0.4, -0.2) is 76.9 Å². The SMILES string of the molecule is Cc1ccc2c(c1)CCc1cc(Br)cnc1C2N1CCN(C(=O)CC2CCN(/C(=N\C(N)=O)Oc3ccccc3)CC2)CC1. The summed E-state index contributed by atoms with van der Waals surface area (Å²) >= 11 is 3.62. The van der Waals surface area contributed by atoms with Crippen molar-refractivity contribution in [1.82, 2.24) is 19.7 Å². The Morgan fingerprint density at radius 2 is 1.68 bits per heavy atom. The number of hydrogen-bond acceptors (Lipinski definition) is 5. The van der Waals surface area contributed by atoms with Crippen molar-refractivity contribution in [3.63, 3.8) is 0 Å². The molecule has 1 unspecified atom stereocenters. The summed E-state index contributed by atoms with van der Waals surface area (Å²) in [6.45, 7) is 6.49. The van der Waals surface area contributed by atoms with Crippen LogP contribution < -0.4 is 10.5 Å². The lowest BCUT2D eigenvalue weighted by molar-refractivity contribution is -0.134. The van der Waals surface area contributed by atoms with Gasteiger partial charge in [-0.3, -0.25) is 14.7 Å². The van der Waals surface area contributed by atoms with Crippen molar-refractivity contribution >= 4 is 33.9 Å². The number of nitrogens with two attached hydrogens (primary N) is 1. The fraction of sp³-hybridized carbons (Fsp3) is 0.412. The average Bonchev–Trinajstić information content (AvgIpc) is 3.17. The Bertz CT molecular complexity index is 1480. The number of likely N-dealkylation sites (tertiary alicyclic amines) is 1. The standard InChI is InChI=1S/C34H39BrN6O3/c1-23-7-10-29-25(19-23)8-9-26-21-27(35)22-37-31(26)32(29)40-17-15-39(16-18-40)30(42)20-24-11-13-41(14-12-24)34(38-33(36)43)44-28-5-3-2-4-6-28/h2-7,10,19,21-22,24,32H,8-9,11-18,20H2,1H3,(H2,36,43)/b38-34+. The molecule has 2 fully saturated rings. The number of pyridine rings is 1. The maximum atomic E-state index is 13.4. The minimum absolute atomic E-state index is 0.0900. The summed E-state index contributed by atoms with van der Waals surface area (Å²) in [6.07, 6.45) is 6.05. The number of aromatic nitrogens is 1. The highest BCUT2D eigenvalue weighted by Crippen LogP contribution is 2.37. The molecule has 2 saturated heterocycles. The Labute approximate surface area is 267 Å². The van der Waals surface area contributed by atoms with Gasteiger partial charge in [-0.2, -0.15) is 0 Å². The lowest BCUT2D eigenvalue weighted by Crippen LogP contribution is -2.50. The van der Waals surface area contributed by atoms with Crippen molar-refractivity contribution in [1.29, 1.82) is 0 Å². The van der Waals surface area contributed by atoms with E-state index in [1.807, 2.05) is 46.3 Å². The van der Waals surface area contributed by atoms with Crippen LogP contribution in [-0.2, 0) is 17.6 Å². The average molecular weight is 660 g/mol. The minimum atomic E-state index is -0.790. The summed E-state index contributed by atoms with van der Waals surface area (Å²) in [5.74, 6) is 1.09. The number of carbonyl (C=O) groups excluding carboxylic acids is 2. The summed E-state index contributed by atoms with van der Waals surface area (Å²) in [6, 6.07) is 17.8. The van der Waals surface area contributed by atoms with E-state index < -0.39 is 6.03 Å². The summed E-state index contributed by atoms with van der Waals surface area (Å²) in [5, 5.41) is 0. The summed E-state index contributed by atoms with van der Waals surface area (Å²) in [7, 11) is 0. The van der Waals surface area contributed by atoms with Gasteiger partial charge in [0.05, 0.1) is 11.7 Å². The van der Waals surface area contributed by atoms with Gasteiger partial charge in [-0.15, -0.1) is 4.99 Å². The molecule has 3 aromatic rings. The molecule has 1 aromatic heterocycles. The highest BCUT2D eigenvalue weighted by atomic mass is 79.9. The van der Waals surface area contributed by atoms with Crippen LogP contribution >= 0.6 is 15.9 Å². The molecule has 9 nitrogen and oxygen atoms in total. The molecule has 44 heavy (non-hydrogen) atoms. The zero-order valence-electron chi connectivity index (χ0n) is 25.1. The van der Waals surface area contributed by atoms with E-state index in [4.69, 9.17) is 15.5 Å². The number of para-hydroxylation sites is 1. The van der Waals surface area contributed by atoms with Gasteiger partial charge in [0.2, 0.25) is 5.91 Å². The number of ether oxygens (including phenoxy) is 1. The van der Waals surface area contributed by atoms with Crippen LogP contribution in [0, 0.1) is 12.8 Å². The lowest BCUT2D eigenvalue weighted by Gasteiger charge is -2.40. The number of piperidine rings is 1. The number of rotatable bonds is 4. The highest BCUT2D eigenvalue weighted by Gasteiger charge is 2.34. The second kappa shape index (κ2) is 13.5. The summed E-state index contributed by atoms with van der Waals surface area (Å²) in [4.78, 5) is 40.4. The Balaban J connectivity index is 1.06. The molecule has 10 heteroatoms. The van der Waals surface area contributed by atoms with Crippen LogP contribution in [0.2, 0.25) is 0 Å². The molecule has 3 heterocycles. The van der Waals surface area contributed by atoms with E-state index in [0.29, 0.717) is 38.3 Å². The Morgan fingerprint density at radius 3 is 2.41 bits per heavy atom. The molecule has 3 aliphatic rings. The third kappa shape index (κ3) is 6.97. The molecule has 0 saturated carbocycles. The quantitative estimate of drug-likeness (QED) is 0.309. The van der Waals surface area contributed by atoms with Crippen LogP contribution in [0.5, 0.6) is 5.75 Å². The van der Waals surface area contributed by atoms with Crippen molar-refractivity contribution < 1.29 is 14.3 Å². The van der Waals surface area contributed by atoms with Gasteiger partial charge in [-0.1, -0.05) is 42.0 Å². The third-order valence-electron chi connectivity index (χ3n) is 9.02. The number of fused-ring (bicyclic) bond motifs is 2. The van der Waals surface area contributed by atoms with Gasteiger partial charge in [-0.25, -0.2) is 4.79 Å². The molecular weight excluding hydrogens is 620 g/mol. The van der Waals surface area contributed by atoms with E-state index in [1.54, 1.807) is 0 Å². The predicted octanol–water partition coefficient (Wildman–Crippen LogP) is 5.10. The summed E-state index contributed by atoms with van der Waals surface area (Å²) < 4.78 is 6.90. The van der Waals surface area contributed by atoms with E-state index in [1.165, 1.54) is 22.3 Å². The van der Waals surface area contributed by atoms with E-state index in [9.17, 15) is 9.59 Å². The number of primary amides is 1. The molecule has 1 aliphatic carbocycles. The fourth-order valence-corrected chi connectivity index (χ4v) is 7.10. The number of aliphatic imine (C=N–C) groups is 1. The van der Waals surface area contributed by atoms with E-state index in [-0.39, 0.29) is 23.9 Å². The fourth-order valence-electron chi connectivity index (χ4n) is 6.72. The van der Waals surface area contributed by atoms with Gasteiger partial charge in [-0.05, 0) is 89.3 Å². The van der Waals surface area contributed by atoms with Gasteiger partial charge in [0.1, 0.15) is 5.75 Å². The third-order valence-corrected chi connectivity index (χ3v) is 9.46. The van der Waals surface area contributed by atoms with Gasteiger partial charge in [0.25, 0.3) is 0 Å². The van der Waals surface area contributed by atoms with Gasteiger partial charge in [0, 0.05) is 56.4 Å². The van der Waals surface area contributed by atoms with Crippen LogP contribution in [0.25, 0.3) is 0 Å². The molecule has 0 radical (unpaired) electrons. The first kappa shape index (κ1) is 30.3. The normalized spacial score (nSPS) is 19.6. The number of amides is 3. The lowest BCUT2D eigenvalue weighted by atomic mass is 9.92. The van der Waals surface area contributed by atoms with E-state index in [2.05, 4.69) is 57.0 Å². The van der Waals surface area contributed by atoms with Crippen molar-refractivity contribution in [2.24, 2.45) is 16.6 Å². The van der Waals surface area contributed by atoms with Crippen LogP contribution in [0.1, 0.15) is 53.3 Å². The molecule has 2 aliphatic heterocycles. The molecule has 1 atom stereocenters. The van der Waals surface area contributed by atoms with Crippen molar-refractivity contribution in [2.45, 2.75) is 45.1 Å². The predicted molar refractivity (Wildman–Crippen MR) is 174 cm³/mol. The first-order valence-corrected chi connectivity index (χ1v) is 16.2. The zero-order valence-corrected chi connectivity index (χ0v) is 26.7. The maximum Gasteiger partial charge on any atom is 0.342 e. The largest absolute Gasteiger partial charge is 0.426 e. The van der Waals surface area contributed by atoms with Gasteiger partial charge in [0.15, 0.2) is 0 Å². The van der Waals surface area contributed by atoms with E-state index >= 15 is 0 Å². The zero-order chi connectivity index (χ0) is 30.6. The molecule has 0 spiro atoms. The molecular formula is C34H39BrN6O3. The van der Waals surface area contributed by atoms with Crippen LogP contribution in [0.4, 0.5) is 4.79 Å². The Kier molecular flexibility index (Phi) is 9.28. The molecule has 2 aromatic carbocycles. The number of carbonyl (C=O) groups is 2. The van der Waals surface area contributed by atoms with Crippen molar-refractivity contribution in [3.8, 4) is 5.75 Å². The monoisotopic (exact) mass is 658 g/mol. The number of benzene rings is 2. The maximum absolute atomic E-state index is 13.4. The summed E-state index contributed by atoms with van der Waals surface area (Å²) in [5.41, 5.74) is 11.8. The molecule has 6 rings (SSSR count). The number of piperazine rings is 1. The number of halogens is 1. The highest BCUT2D eigenvalue weighted by molar-refractivity contribution is 9.10. The van der Waals surface area contributed by atoms with E-state index in [0.717, 1.165) is 48.9 Å². The second-order valence-corrected chi connectivity index (χ2v) is 12.9. The number of nitrogens with zero attached hydrogens (tertiary/aromatic N) is 5.